The summed E-state index contributed by atoms with van der Waals surface area (Å²) in [6.45, 7) is 2.96. The number of carboxylic acids is 1. The zero-order valence-electron chi connectivity index (χ0n) is 14.2. The Morgan fingerprint density at radius 2 is 2.04 bits per heavy atom. The van der Waals surface area contributed by atoms with Crippen LogP contribution in [-0.4, -0.2) is 60.1 Å². The van der Waals surface area contributed by atoms with Crippen LogP contribution in [0.2, 0.25) is 0 Å². The van der Waals surface area contributed by atoms with E-state index in [1.54, 1.807) is 4.90 Å². The summed E-state index contributed by atoms with van der Waals surface area (Å²) in [6.07, 6.45) is -0.0272. The van der Waals surface area contributed by atoms with Crippen LogP contribution in [0.4, 0.5) is 5.69 Å². The fourth-order valence-electron chi connectivity index (χ4n) is 3.44. The summed E-state index contributed by atoms with van der Waals surface area (Å²) >= 11 is 0. The van der Waals surface area contributed by atoms with E-state index in [1.807, 2.05) is 31.2 Å². The molecule has 1 aromatic carbocycles. The molecule has 1 aromatic rings. The molecule has 134 valence electrons. The number of para-hydroxylation sites is 1. The number of benzene rings is 1. The van der Waals surface area contributed by atoms with Crippen LogP contribution in [0.1, 0.15) is 18.9 Å². The van der Waals surface area contributed by atoms with Gasteiger partial charge in [0.15, 0.2) is 6.10 Å². The maximum Gasteiger partial charge on any atom is 0.334 e. The molecule has 2 atom stereocenters. The molecule has 0 bridgehead atoms. The van der Waals surface area contributed by atoms with Crippen molar-refractivity contribution in [2.45, 2.75) is 25.9 Å². The van der Waals surface area contributed by atoms with Crippen LogP contribution < -0.4 is 4.90 Å². The summed E-state index contributed by atoms with van der Waals surface area (Å²) < 4.78 is 5.15. The van der Waals surface area contributed by atoms with Gasteiger partial charge in [0.25, 0.3) is 0 Å². The average molecular weight is 346 g/mol. The van der Waals surface area contributed by atoms with E-state index in [1.165, 1.54) is 4.90 Å². The summed E-state index contributed by atoms with van der Waals surface area (Å²) in [7, 11) is 0. The Hall–Kier alpha value is -2.41. The van der Waals surface area contributed by atoms with E-state index >= 15 is 0 Å². The molecule has 2 fully saturated rings. The number of aliphatic carboxylic acids is 1. The molecule has 7 nitrogen and oxygen atoms in total. The molecule has 25 heavy (non-hydrogen) atoms. The van der Waals surface area contributed by atoms with E-state index in [0.29, 0.717) is 13.1 Å². The molecule has 0 saturated carbocycles. The number of nitrogens with zero attached hydrogens (tertiary/aromatic N) is 2. The van der Waals surface area contributed by atoms with Gasteiger partial charge >= 0.3 is 5.97 Å². The van der Waals surface area contributed by atoms with Gasteiger partial charge in [0.1, 0.15) is 0 Å². The van der Waals surface area contributed by atoms with Gasteiger partial charge in [-0.2, -0.15) is 0 Å². The second kappa shape index (κ2) is 7.23. The second-order valence-electron chi connectivity index (χ2n) is 6.37. The largest absolute Gasteiger partial charge is 0.479 e. The predicted molar refractivity (Wildman–Crippen MR) is 90.2 cm³/mol. The molecule has 1 N–H and O–H groups in total. The summed E-state index contributed by atoms with van der Waals surface area (Å²) in [6, 6.07) is 7.71. The van der Waals surface area contributed by atoms with Crippen LogP contribution in [0.25, 0.3) is 0 Å². The van der Waals surface area contributed by atoms with E-state index in [9.17, 15) is 14.4 Å². The average Bonchev–Trinajstić information content (AvgIpc) is 3.02. The smallest absolute Gasteiger partial charge is 0.334 e. The van der Waals surface area contributed by atoms with Crippen LogP contribution in [0.15, 0.2) is 24.3 Å². The number of carboxylic acid groups (broad SMARTS) is 1. The molecule has 2 amide bonds. The van der Waals surface area contributed by atoms with Gasteiger partial charge in [-0.15, -0.1) is 0 Å². The van der Waals surface area contributed by atoms with Crippen LogP contribution in [0.5, 0.6) is 0 Å². The molecular weight excluding hydrogens is 324 g/mol. The molecule has 0 unspecified atom stereocenters. The fraction of sp³-hybridized carbons (Fsp3) is 0.500. The van der Waals surface area contributed by atoms with E-state index in [4.69, 9.17) is 9.84 Å². The molecule has 2 saturated heterocycles. The number of rotatable bonds is 4. The minimum atomic E-state index is -1.07. The number of aryl methyl sites for hydroxylation is 1. The molecule has 0 spiro atoms. The first-order valence-corrected chi connectivity index (χ1v) is 8.52. The van der Waals surface area contributed by atoms with E-state index < -0.39 is 18.0 Å². The van der Waals surface area contributed by atoms with Gasteiger partial charge in [-0.1, -0.05) is 25.1 Å². The minimum absolute atomic E-state index is 0.0321. The van der Waals surface area contributed by atoms with E-state index in [0.717, 1.165) is 17.7 Å². The third-order valence-electron chi connectivity index (χ3n) is 4.79. The van der Waals surface area contributed by atoms with Crippen molar-refractivity contribution >= 4 is 23.5 Å². The zero-order chi connectivity index (χ0) is 18.0. The Morgan fingerprint density at radius 1 is 1.28 bits per heavy atom. The van der Waals surface area contributed by atoms with Gasteiger partial charge in [0.2, 0.25) is 11.8 Å². The van der Waals surface area contributed by atoms with Crippen molar-refractivity contribution in [1.29, 1.82) is 0 Å². The Morgan fingerprint density at radius 3 is 2.76 bits per heavy atom. The number of anilines is 1. The lowest BCUT2D eigenvalue weighted by Gasteiger charge is -2.32. The molecule has 2 aliphatic heterocycles. The summed E-state index contributed by atoms with van der Waals surface area (Å²) in [4.78, 5) is 39.5. The second-order valence-corrected chi connectivity index (χ2v) is 6.37. The lowest BCUT2D eigenvalue weighted by molar-refractivity contribution is -0.160. The van der Waals surface area contributed by atoms with Crippen molar-refractivity contribution < 1.29 is 24.2 Å². The molecule has 7 heteroatoms. The molecule has 2 heterocycles. The van der Waals surface area contributed by atoms with Gasteiger partial charge in [-0.3, -0.25) is 9.59 Å². The standard InChI is InChI=1S/C18H22N2O5/c1-2-12-5-3-4-6-14(12)20-10-13(9-16(20)21)17(22)19-7-8-25-15(11-19)18(23)24/h3-6,13,15H,2,7-11H2,1H3,(H,23,24)/t13-,15-/m1/s1. The van der Waals surface area contributed by atoms with Crippen LogP contribution in [-0.2, 0) is 25.5 Å². The van der Waals surface area contributed by atoms with Gasteiger partial charge in [-0.05, 0) is 18.1 Å². The minimum Gasteiger partial charge on any atom is -0.479 e. The zero-order valence-corrected chi connectivity index (χ0v) is 14.2. The van der Waals surface area contributed by atoms with Crippen molar-refractivity contribution in [3.05, 3.63) is 29.8 Å². The highest BCUT2D eigenvalue weighted by Crippen LogP contribution is 2.29. The molecular formula is C18H22N2O5. The van der Waals surface area contributed by atoms with Crippen LogP contribution in [0, 0.1) is 5.92 Å². The maximum absolute atomic E-state index is 12.7. The number of hydrogen-bond acceptors (Lipinski definition) is 4. The van der Waals surface area contributed by atoms with Crippen molar-refractivity contribution in [2.75, 3.05) is 31.1 Å². The topological polar surface area (TPSA) is 87.2 Å². The Kier molecular flexibility index (Phi) is 5.03. The quantitative estimate of drug-likeness (QED) is 0.876. The highest BCUT2D eigenvalue weighted by molar-refractivity contribution is 6.00. The van der Waals surface area contributed by atoms with Crippen molar-refractivity contribution in [3.8, 4) is 0 Å². The van der Waals surface area contributed by atoms with Gasteiger partial charge in [0.05, 0.1) is 19.1 Å². The highest BCUT2D eigenvalue weighted by Gasteiger charge is 2.39. The first-order chi connectivity index (χ1) is 12.0. The monoisotopic (exact) mass is 346 g/mol. The third-order valence-corrected chi connectivity index (χ3v) is 4.79. The first-order valence-electron chi connectivity index (χ1n) is 8.52. The lowest BCUT2D eigenvalue weighted by atomic mass is 10.1. The van der Waals surface area contributed by atoms with Gasteiger partial charge in [0, 0.05) is 25.2 Å². The third kappa shape index (κ3) is 3.51. The Bertz CT molecular complexity index is 690. The predicted octanol–water partition coefficient (Wildman–Crippen LogP) is 0.914. The van der Waals surface area contributed by atoms with Gasteiger partial charge in [-0.25, -0.2) is 4.79 Å². The summed E-state index contributed by atoms with van der Waals surface area (Å²) in [5, 5.41) is 9.07. The number of hydrogen-bond donors (Lipinski definition) is 1. The highest BCUT2D eigenvalue weighted by atomic mass is 16.5. The van der Waals surface area contributed by atoms with Crippen LogP contribution in [0.3, 0.4) is 0 Å². The van der Waals surface area contributed by atoms with Crippen molar-refractivity contribution in [1.82, 2.24) is 4.90 Å². The van der Waals surface area contributed by atoms with Crippen molar-refractivity contribution in [2.24, 2.45) is 5.92 Å². The molecule has 3 rings (SSSR count). The molecule has 2 aliphatic rings. The first kappa shape index (κ1) is 17.4. The molecule has 0 radical (unpaired) electrons. The SMILES string of the molecule is CCc1ccccc1N1C[C@H](C(=O)N2CCO[C@@H](C(=O)O)C2)CC1=O. The Labute approximate surface area is 146 Å². The van der Waals surface area contributed by atoms with E-state index in [2.05, 4.69) is 0 Å². The van der Waals surface area contributed by atoms with Crippen LogP contribution >= 0.6 is 0 Å². The Balaban J connectivity index is 1.71. The summed E-state index contributed by atoms with van der Waals surface area (Å²) in [5.41, 5.74) is 1.93. The normalized spacial score (nSPS) is 23.8. The molecule has 0 aliphatic carbocycles. The lowest BCUT2D eigenvalue weighted by Crippen LogP contribution is -2.50. The van der Waals surface area contributed by atoms with Gasteiger partial charge < -0.3 is 19.6 Å². The number of carbonyl (C=O) groups is 3. The number of amides is 2. The number of carbonyl (C=O) groups excluding carboxylic acids is 2. The van der Waals surface area contributed by atoms with Crippen molar-refractivity contribution in [3.63, 3.8) is 0 Å². The van der Waals surface area contributed by atoms with E-state index in [-0.39, 0.29) is 31.4 Å². The maximum atomic E-state index is 12.7. The number of morpholine rings is 1. The molecule has 0 aromatic heterocycles. The number of ether oxygens (including phenoxy) is 1. The fourth-order valence-corrected chi connectivity index (χ4v) is 3.44. The summed E-state index contributed by atoms with van der Waals surface area (Å²) in [5.74, 6) is -1.75.